The molecule has 5 heteroatoms. The summed E-state index contributed by atoms with van der Waals surface area (Å²) in [5.41, 5.74) is 0.782. The quantitative estimate of drug-likeness (QED) is 0.619. The first-order chi connectivity index (χ1) is 5.33. The van der Waals surface area contributed by atoms with Crippen LogP contribution in [0.2, 0.25) is 0 Å². The van der Waals surface area contributed by atoms with Crippen molar-refractivity contribution in [3.8, 4) is 0 Å². The van der Waals surface area contributed by atoms with Crippen molar-refractivity contribution >= 4 is 10.2 Å². The molecule has 0 radical (unpaired) electrons. The number of rotatable bonds is 5. The standard InChI is InChI=1S/C7H16N2O2S/c1-6(2)5-8-12(10,11)9-7(3)4/h7-9H,1,5H2,2-4H3. The Bertz CT molecular complexity index is 244. The Morgan fingerprint density at radius 3 is 2.33 bits per heavy atom. The van der Waals surface area contributed by atoms with E-state index in [4.69, 9.17) is 0 Å². The zero-order chi connectivity index (χ0) is 9.78. The highest BCUT2D eigenvalue weighted by molar-refractivity contribution is 7.87. The molecule has 0 heterocycles. The molecular weight excluding hydrogens is 176 g/mol. The van der Waals surface area contributed by atoms with Crippen molar-refractivity contribution < 1.29 is 8.42 Å². The van der Waals surface area contributed by atoms with E-state index in [1.165, 1.54) is 0 Å². The molecule has 0 spiro atoms. The largest absolute Gasteiger partial charge is 0.277 e. The van der Waals surface area contributed by atoms with Crippen molar-refractivity contribution in [3.63, 3.8) is 0 Å². The first-order valence-electron chi connectivity index (χ1n) is 3.75. The lowest BCUT2D eigenvalue weighted by molar-refractivity contribution is 0.558. The zero-order valence-corrected chi connectivity index (χ0v) is 8.53. The lowest BCUT2D eigenvalue weighted by atomic mass is 10.4. The predicted molar refractivity (Wildman–Crippen MR) is 50.0 cm³/mol. The van der Waals surface area contributed by atoms with Gasteiger partial charge in [-0.2, -0.15) is 17.9 Å². The van der Waals surface area contributed by atoms with Gasteiger partial charge in [0, 0.05) is 12.6 Å². The maximum Gasteiger partial charge on any atom is 0.277 e. The molecule has 0 aromatic carbocycles. The van der Waals surface area contributed by atoms with Gasteiger partial charge >= 0.3 is 0 Å². The molecule has 0 aromatic heterocycles. The topological polar surface area (TPSA) is 58.2 Å². The van der Waals surface area contributed by atoms with Crippen LogP contribution >= 0.6 is 0 Å². The maximum absolute atomic E-state index is 11.1. The summed E-state index contributed by atoms with van der Waals surface area (Å²) in [5, 5.41) is 0. The molecule has 0 atom stereocenters. The van der Waals surface area contributed by atoms with Crippen molar-refractivity contribution in [2.24, 2.45) is 0 Å². The molecule has 12 heavy (non-hydrogen) atoms. The Kier molecular flexibility index (Phi) is 4.44. The van der Waals surface area contributed by atoms with Gasteiger partial charge < -0.3 is 0 Å². The highest BCUT2D eigenvalue weighted by Gasteiger charge is 2.09. The van der Waals surface area contributed by atoms with E-state index in [9.17, 15) is 8.42 Å². The summed E-state index contributed by atoms with van der Waals surface area (Å²) >= 11 is 0. The third kappa shape index (κ3) is 6.33. The van der Waals surface area contributed by atoms with Gasteiger partial charge in [0.2, 0.25) is 0 Å². The molecule has 0 fully saturated rings. The number of nitrogens with one attached hydrogen (secondary N) is 2. The first-order valence-corrected chi connectivity index (χ1v) is 5.23. The zero-order valence-electron chi connectivity index (χ0n) is 7.72. The molecule has 0 aliphatic carbocycles. The van der Waals surface area contributed by atoms with Gasteiger partial charge in [-0.15, -0.1) is 0 Å². The summed E-state index contributed by atoms with van der Waals surface area (Å²) in [7, 11) is -3.34. The highest BCUT2D eigenvalue weighted by Crippen LogP contribution is 1.87. The van der Waals surface area contributed by atoms with Crippen LogP contribution in [-0.4, -0.2) is 21.0 Å². The van der Waals surface area contributed by atoms with Gasteiger partial charge in [0.05, 0.1) is 0 Å². The second-order valence-corrected chi connectivity index (χ2v) is 4.59. The van der Waals surface area contributed by atoms with Crippen molar-refractivity contribution in [3.05, 3.63) is 12.2 Å². The monoisotopic (exact) mass is 192 g/mol. The average molecular weight is 192 g/mol. The van der Waals surface area contributed by atoms with Crippen LogP contribution in [0.3, 0.4) is 0 Å². The fourth-order valence-corrected chi connectivity index (χ4v) is 1.71. The van der Waals surface area contributed by atoms with Crippen molar-refractivity contribution in [1.82, 2.24) is 9.44 Å². The normalized spacial score (nSPS) is 12.0. The Morgan fingerprint density at radius 1 is 1.50 bits per heavy atom. The lowest BCUT2D eigenvalue weighted by Gasteiger charge is -2.09. The van der Waals surface area contributed by atoms with Crippen LogP contribution in [0.15, 0.2) is 12.2 Å². The second kappa shape index (κ2) is 4.59. The molecule has 4 nitrogen and oxygen atoms in total. The Hall–Kier alpha value is -0.390. The molecule has 0 saturated heterocycles. The van der Waals surface area contributed by atoms with Gasteiger partial charge in [-0.1, -0.05) is 12.2 Å². The van der Waals surface area contributed by atoms with Gasteiger partial charge in [-0.05, 0) is 20.8 Å². The summed E-state index contributed by atoms with van der Waals surface area (Å²) in [5.74, 6) is 0. The fraction of sp³-hybridized carbons (Fsp3) is 0.714. The smallest absolute Gasteiger partial charge is 0.200 e. The SMILES string of the molecule is C=C(C)CNS(=O)(=O)NC(C)C. The summed E-state index contributed by atoms with van der Waals surface area (Å²) in [4.78, 5) is 0. The first kappa shape index (κ1) is 11.6. The minimum Gasteiger partial charge on any atom is -0.200 e. The van der Waals surface area contributed by atoms with Crippen LogP contribution in [0.25, 0.3) is 0 Å². The maximum atomic E-state index is 11.1. The Morgan fingerprint density at radius 2 is 2.00 bits per heavy atom. The van der Waals surface area contributed by atoms with Crippen LogP contribution in [0, 0.1) is 0 Å². The Balaban J connectivity index is 3.98. The van der Waals surface area contributed by atoms with E-state index in [0.717, 1.165) is 5.57 Å². The molecule has 72 valence electrons. The molecule has 0 unspecified atom stereocenters. The van der Waals surface area contributed by atoms with E-state index in [1.807, 2.05) is 0 Å². The minimum atomic E-state index is -3.34. The molecule has 0 aliphatic heterocycles. The molecule has 0 saturated carbocycles. The van der Waals surface area contributed by atoms with Crippen molar-refractivity contribution in [2.75, 3.05) is 6.54 Å². The predicted octanol–water partition coefficient (Wildman–Crippen LogP) is 0.395. The molecule has 2 N–H and O–H groups in total. The van der Waals surface area contributed by atoms with Gasteiger partial charge in [0.25, 0.3) is 10.2 Å². The molecule has 0 rings (SSSR count). The van der Waals surface area contributed by atoms with E-state index >= 15 is 0 Å². The van der Waals surface area contributed by atoms with Crippen LogP contribution in [0.1, 0.15) is 20.8 Å². The molecule has 0 amide bonds. The molecular formula is C7H16N2O2S. The van der Waals surface area contributed by atoms with Gasteiger partial charge in [0.15, 0.2) is 0 Å². The van der Waals surface area contributed by atoms with Crippen molar-refractivity contribution in [2.45, 2.75) is 26.8 Å². The number of hydrogen-bond donors (Lipinski definition) is 2. The van der Waals surface area contributed by atoms with Crippen molar-refractivity contribution in [1.29, 1.82) is 0 Å². The van der Waals surface area contributed by atoms with E-state index in [0.29, 0.717) is 0 Å². The average Bonchev–Trinajstić information content (AvgIpc) is 1.81. The molecule has 0 aromatic rings. The van der Waals surface area contributed by atoms with Crippen LogP contribution in [0.4, 0.5) is 0 Å². The van der Waals surface area contributed by atoms with Gasteiger partial charge in [0.1, 0.15) is 0 Å². The molecule has 0 bridgehead atoms. The lowest BCUT2D eigenvalue weighted by Crippen LogP contribution is -2.40. The summed E-state index contributed by atoms with van der Waals surface area (Å²) < 4.78 is 26.9. The van der Waals surface area contributed by atoms with E-state index in [-0.39, 0.29) is 12.6 Å². The van der Waals surface area contributed by atoms with E-state index in [2.05, 4.69) is 16.0 Å². The summed E-state index contributed by atoms with van der Waals surface area (Å²) in [6, 6.07) is -0.0902. The van der Waals surface area contributed by atoms with Gasteiger partial charge in [-0.25, -0.2) is 0 Å². The number of hydrogen-bond acceptors (Lipinski definition) is 2. The third-order valence-electron chi connectivity index (χ3n) is 0.955. The van der Waals surface area contributed by atoms with Gasteiger partial charge in [-0.3, -0.25) is 0 Å². The third-order valence-corrected chi connectivity index (χ3v) is 2.26. The highest BCUT2D eigenvalue weighted by atomic mass is 32.2. The summed E-state index contributed by atoms with van der Waals surface area (Å²) in [6.07, 6.45) is 0. The summed E-state index contributed by atoms with van der Waals surface area (Å²) in [6.45, 7) is 9.15. The molecule has 0 aliphatic rings. The van der Waals surface area contributed by atoms with Crippen LogP contribution < -0.4 is 9.44 Å². The second-order valence-electron chi connectivity index (χ2n) is 3.05. The van der Waals surface area contributed by atoms with E-state index in [1.54, 1.807) is 20.8 Å². The van der Waals surface area contributed by atoms with Crippen LogP contribution in [-0.2, 0) is 10.2 Å². The fourth-order valence-electron chi connectivity index (χ4n) is 0.570. The van der Waals surface area contributed by atoms with Crippen LogP contribution in [0.5, 0.6) is 0 Å². The Labute approximate surface area is 74.2 Å². The minimum absolute atomic E-state index is 0.0902. The van der Waals surface area contributed by atoms with E-state index < -0.39 is 10.2 Å².